The number of hydrogen-bond acceptors (Lipinski definition) is 3. The van der Waals surface area contributed by atoms with Crippen molar-refractivity contribution in [1.82, 2.24) is 4.90 Å². The van der Waals surface area contributed by atoms with Crippen molar-refractivity contribution < 1.29 is 9.32 Å². The Morgan fingerprint density at radius 3 is 2.50 bits per heavy atom. The van der Waals surface area contributed by atoms with Crippen LogP contribution >= 0.6 is 15.9 Å². The van der Waals surface area contributed by atoms with E-state index in [9.17, 15) is 9.32 Å². The molecule has 1 N–H and O–H groups in total. The van der Waals surface area contributed by atoms with Crippen molar-refractivity contribution in [3.05, 3.63) is 34.3 Å². The van der Waals surface area contributed by atoms with Crippen molar-refractivity contribution in [2.75, 3.05) is 31.1 Å². The first-order valence-corrected chi connectivity index (χ1v) is 8.44. The first kappa shape index (κ1) is 14.2. The molecule has 18 heavy (non-hydrogen) atoms. The molecule has 1 atom stereocenters. The summed E-state index contributed by atoms with van der Waals surface area (Å²) in [4.78, 5) is 2.28. The van der Waals surface area contributed by atoms with Crippen molar-refractivity contribution in [1.29, 1.82) is 0 Å². The smallest absolute Gasteiger partial charge is 0.0802 e. The zero-order chi connectivity index (χ0) is 13.0. The first-order valence-electron chi connectivity index (χ1n) is 6.16. The first-order chi connectivity index (χ1) is 8.65. The molecule has 100 valence electrons. The lowest BCUT2D eigenvalue weighted by Gasteiger charge is -2.26. The van der Waals surface area contributed by atoms with Gasteiger partial charge in [0.1, 0.15) is 0 Å². The third kappa shape index (κ3) is 4.16. The van der Waals surface area contributed by atoms with E-state index in [1.54, 1.807) is 0 Å². The third-order valence-electron chi connectivity index (χ3n) is 3.24. The summed E-state index contributed by atoms with van der Waals surface area (Å²) in [5.41, 5.74) is 0.957. The van der Waals surface area contributed by atoms with E-state index < -0.39 is 16.9 Å². The van der Waals surface area contributed by atoms with Crippen molar-refractivity contribution in [3.63, 3.8) is 0 Å². The maximum absolute atomic E-state index is 11.2. The van der Waals surface area contributed by atoms with Crippen LogP contribution in [-0.4, -0.2) is 45.4 Å². The Hall–Kier alpha value is -0.230. The molecule has 5 heteroatoms. The molecule has 0 aliphatic carbocycles. The highest BCUT2D eigenvalue weighted by atomic mass is 79.9. The Morgan fingerprint density at radius 2 is 1.89 bits per heavy atom. The second kappa shape index (κ2) is 6.80. The van der Waals surface area contributed by atoms with Gasteiger partial charge >= 0.3 is 0 Å². The number of nitrogens with zero attached hydrogens (tertiary/aromatic N) is 1. The van der Waals surface area contributed by atoms with Gasteiger partial charge in [0.05, 0.1) is 6.10 Å². The number of hydrogen-bond donors (Lipinski definition) is 1. The fourth-order valence-corrected chi connectivity index (χ4v) is 3.45. The normalized spacial score (nSPS) is 19.9. The molecular formula is C13H18BrNO2S. The minimum absolute atomic E-state index is 0.412. The molecule has 3 nitrogen and oxygen atoms in total. The summed E-state index contributed by atoms with van der Waals surface area (Å²) < 4.78 is 12.3. The van der Waals surface area contributed by atoms with E-state index >= 15 is 0 Å². The molecule has 1 heterocycles. The zero-order valence-electron chi connectivity index (χ0n) is 10.2. The highest BCUT2D eigenvalue weighted by molar-refractivity contribution is 9.10. The predicted octanol–water partition coefficient (Wildman–Crippen LogP) is 1.94. The van der Waals surface area contributed by atoms with Crippen LogP contribution in [0, 0.1) is 0 Å². The van der Waals surface area contributed by atoms with E-state index in [-0.39, 0.29) is 0 Å². The van der Waals surface area contributed by atoms with Gasteiger partial charge in [-0.25, -0.2) is 0 Å². The Morgan fingerprint density at radius 1 is 1.28 bits per heavy atom. The fraction of sp³-hybridized carbons (Fsp3) is 0.538. The maximum Gasteiger partial charge on any atom is 0.0802 e. The highest BCUT2D eigenvalue weighted by Gasteiger charge is 2.16. The molecule has 1 aliphatic rings. The maximum atomic E-state index is 11.2. The fourth-order valence-electron chi connectivity index (χ4n) is 2.06. The summed E-state index contributed by atoms with van der Waals surface area (Å²) in [5, 5.41) is 10.1. The summed E-state index contributed by atoms with van der Waals surface area (Å²) in [6.45, 7) is 2.65. The van der Waals surface area contributed by atoms with Gasteiger partial charge in [-0.05, 0) is 24.1 Å². The Balaban J connectivity index is 1.79. The van der Waals surface area contributed by atoms with Crippen LogP contribution in [0.2, 0.25) is 0 Å². The Kier molecular flexibility index (Phi) is 5.36. The number of rotatable bonds is 4. The van der Waals surface area contributed by atoms with Crippen LogP contribution in [0.1, 0.15) is 18.1 Å². The molecule has 0 aromatic heterocycles. The molecule has 1 aliphatic heterocycles. The van der Waals surface area contributed by atoms with E-state index in [0.29, 0.717) is 0 Å². The molecule has 0 saturated carbocycles. The molecule has 0 radical (unpaired) electrons. The van der Waals surface area contributed by atoms with Crippen LogP contribution in [0.4, 0.5) is 0 Å². The van der Waals surface area contributed by atoms with Gasteiger partial charge in [-0.3, -0.25) is 4.21 Å². The standard InChI is InChI=1S/C13H18BrNO2S/c14-12-3-1-11(2-4-12)13(16)5-6-15-7-9-18(17)10-8-15/h1-4,13,16H,5-10H2. The molecule has 1 saturated heterocycles. The topological polar surface area (TPSA) is 40.5 Å². The second-order valence-electron chi connectivity index (χ2n) is 4.55. The van der Waals surface area contributed by atoms with E-state index in [0.717, 1.165) is 47.6 Å². The lowest BCUT2D eigenvalue weighted by molar-refractivity contribution is 0.145. The second-order valence-corrected chi connectivity index (χ2v) is 7.16. The van der Waals surface area contributed by atoms with Crippen molar-refractivity contribution in [2.24, 2.45) is 0 Å². The molecule has 1 aromatic carbocycles. The average molecular weight is 332 g/mol. The summed E-state index contributed by atoms with van der Waals surface area (Å²) in [6.07, 6.45) is 0.319. The molecular weight excluding hydrogens is 314 g/mol. The summed E-state index contributed by atoms with van der Waals surface area (Å²) in [6, 6.07) is 7.78. The van der Waals surface area contributed by atoms with Crippen LogP contribution < -0.4 is 0 Å². The third-order valence-corrected chi connectivity index (χ3v) is 5.05. The largest absolute Gasteiger partial charge is 0.388 e. The van der Waals surface area contributed by atoms with Crippen LogP contribution in [0.25, 0.3) is 0 Å². The molecule has 0 bridgehead atoms. The lowest BCUT2D eigenvalue weighted by Crippen LogP contribution is -2.38. The minimum Gasteiger partial charge on any atom is -0.388 e. The van der Waals surface area contributed by atoms with Crippen molar-refractivity contribution in [3.8, 4) is 0 Å². The van der Waals surface area contributed by atoms with Gasteiger partial charge in [0.15, 0.2) is 0 Å². The van der Waals surface area contributed by atoms with Crippen molar-refractivity contribution in [2.45, 2.75) is 12.5 Å². The quantitative estimate of drug-likeness (QED) is 0.916. The van der Waals surface area contributed by atoms with Gasteiger partial charge in [-0.1, -0.05) is 28.1 Å². The van der Waals surface area contributed by atoms with Gasteiger partial charge in [0.25, 0.3) is 0 Å². The van der Waals surface area contributed by atoms with E-state index in [4.69, 9.17) is 0 Å². The van der Waals surface area contributed by atoms with Gasteiger partial charge in [0.2, 0.25) is 0 Å². The Labute approximate surface area is 119 Å². The molecule has 1 fully saturated rings. The van der Waals surface area contributed by atoms with Gasteiger partial charge in [-0.15, -0.1) is 0 Å². The highest BCUT2D eigenvalue weighted by Crippen LogP contribution is 2.19. The molecule has 1 unspecified atom stereocenters. The van der Waals surface area contributed by atoms with E-state index in [1.807, 2.05) is 24.3 Å². The van der Waals surface area contributed by atoms with Gasteiger partial charge in [-0.2, -0.15) is 0 Å². The van der Waals surface area contributed by atoms with Crippen molar-refractivity contribution >= 4 is 26.7 Å². The number of benzene rings is 1. The monoisotopic (exact) mass is 331 g/mol. The number of aliphatic hydroxyl groups is 1. The molecule has 0 spiro atoms. The summed E-state index contributed by atoms with van der Waals surface area (Å²) >= 11 is 3.38. The van der Waals surface area contributed by atoms with Gasteiger partial charge in [0, 0.05) is 46.4 Å². The number of halogens is 1. The molecule has 2 rings (SSSR count). The van der Waals surface area contributed by atoms with E-state index in [1.165, 1.54) is 0 Å². The summed E-state index contributed by atoms with van der Waals surface area (Å²) in [5.74, 6) is 1.54. The zero-order valence-corrected chi connectivity index (χ0v) is 12.6. The Bertz CT molecular complexity index is 400. The van der Waals surface area contributed by atoms with Gasteiger partial charge < -0.3 is 10.0 Å². The SMILES string of the molecule is O=S1CCN(CCC(O)c2ccc(Br)cc2)CC1. The summed E-state index contributed by atoms with van der Waals surface area (Å²) in [7, 11) is -0.623. The van der Waals surface area contributed by atoms with E-state index in [2.05, 4.69) is 20.8 Å². The van der Waals surface area contributed by atoms with Crippen LogP contribution in [0.15, 0.2) is 28.7 Å². The number of aliphatic hydroxyl groups excluding tert-OH is 1. The lowest BCUT2D eigenvalue weighted by atomic mass is 10.1. The molecule has 0 amide bonds. The average Bonchev–Trinajstić information content (AvgIpc) is 2.38. The van der Waals surface area contributed by atoms with Crippen LogP contribution in [0.3, 0.4) is 0 Å². The molecule has 1 aromatic rings. The van der Waals surface area contributed by atoms with Crippen LogP contribution in [-0.2, 0) is 10.8 Å². The van der Waals surface area contributed by atoms with Crippen LogP contribution in [0.5, 0.6) is 0 Å². The minimum atomic E-state index is -0.623. The predicted molar refractivity (Wildman–Crippen MR) is 78.0 cm³/mol.